The number of benzene rings is 1. The van der Waals surface area contributed by atoms with Crippen molar-refractivity contribution >= 4 is 23.6 Å². The fourth-order valence-corrected chi connectivity index (χ4v) is 2.84. The first-order valence-electron chi connectivity index (χ1n) is 7.44. The van der Waals surface area contributed by atoms with E-state index in [0.29, 0.717) is 17.5 Å². The Labute approximate surface area is 148 Å². The third-order valence-corrected chi connectivity index (χ3v) is 4.24. The second-order valence-electron chi connectivity index (χ2n) is 5.17. The van der Waals surface area contributed by atoms with Crippen LogP contribution in [-0.4, -0.2) is 32.3 Å². The summed E-state index contributed by atoms with van der Waals surface area (Å²) in [5.41, 5.74) is 5.10. The molecule has 0 saturated heterocycles. The van der Waals surface area contributed by atoms with Crippen molar-refractivity contribution in [1.82, 2.24) is 20.1 Å². The number of carbonyl (C=O) groups is 2. The van der Waals surface area contributed by atoms with Gasteiger partial charge in [-0.05, 0) is 19.1 Å². The van der Waals surface area contributed by atoms with Crippen LogP contribution in [0, 0.1) is 5.82 Å². The molecule has 0 aliphatic carbocycles. The van der Waals surface area contributed by atoms with Gasteiger partial charge in [0, 0.05) is 6.54 Å². The summed E-state index contributed by atoms with van der Waals surface area (Å²) in [5.74, 6) is -1.09. The molecule has 1 atom stereocenters. The summed E-state index contributed by atoms with van der Waals surface area (Å²) in [6.45, 7) is 5.78. The highest BCUT2D eigenvalue weighted by Crippen LogP contribution is 2.21. The zero-order valence-electron chi connectivity index (χ0n) is 13.6. The van der Waals surface area contributed by atoms with Gasteiger partial charge in [0.15, 0.2) is 11.0 Å². The summed E-state index contributed by atoms with van der Waals surface area (Å²) in [7, 11) is 0. The standard InChI is InChI=1S/C16H18FN5O2S/c1-3-8-22-14(20-21-16(22)25-9-13(18)23)10(2)19-15(24)11-6-4-5-7-12(11)17/h3-7,10H,1,8-9H2,2H3,(H2,18,23)(H,19,24)/t10-/m1/s1. The number of nitrogens with one attached hydrogen (secondary N) is 1. The monoisotopic (exact) mass is 363 g/mol. The normalized spacial score (nSPS) is 11.8. The van der Waals surface area contributed by atoms with Gasteiger partial charge in [0.25, 0.3) is 5.91 Å². The lowest BCUT2D eigenvalue weighted by Gasteiger charge is -2.15. The largest absolute Gasteiger partial charge is 0.369 e. The smallest absolute Gasteiger partial charge is 0.254 e. The van der Waals surface area contributed by atoms with Crippen LogP contribution in [0.4, 0.5) is 4.39 Å². The van der Waals surface area contributed by atoms with Crippen molar-refractivity contribution < 1.29 is 14.0 Å². The fourth-order valence-electron chi connectivity index (χ4n) is 2.15. The predicted octanol–water partition coefficient (Wildman–Crippen LogP) is 1.67. The SMILES string of the molecule is C=CCn1c(SCC(N)=O)nnc1[C@@H](C)NC(=O)c1ccccc1F. The Balaban J connectivity index is 2.19. The van der Waals surface area contributed by atoms with Crippen LogP contribution < -0.4 is 11.1 Å². The van der Waals surface area contributed by atoms with Crippen LogP contribution in [0.2, 0.25) is 0 Å². The van der Waals surface area contributed by atoms with Crippen LogP contribution in [0.3, 0.4) is 0 Å². The number of rotatable bonds is 8. The van der Waals surface area contributed by atoms with Gasteiger partial charge in [0.05, 0.1) is 17.4 Å². The van der Waals surface area contributed by atoms with Crippen LogP contribution >= 0.6 is 11.8 Å². The molecule has 2 amide bonds. The summed E-state index contributed by atoms with van der Waals surface area (Å²) in [6, 6.07) is 5.20. The number of carbonyl (C=O) groups excluding carboxylic acids is 2. The highest BCUT2D eigenvalue weighted by atomic mass is 32.2. The zero-order valence-corrected chi connectivity index (χ0v) is 14.4. The van der Waals surface area contributed by atoms with Crippen molar-refractivity contribution in [3.63, 3.8) is 0 Å². The van der Waals surface area contributed by atoms with Gasteiger partial charge < -0.3 is 15.6 Å². The first-order valence-corrected chi connectivity index (χ1v) is 8.43. The predicted molar refractivity (Wildman–Crippen MR) is 92.4 cm³/mol. The summed E-state index contributed by atoms with van der Waals surface area (Å²) < 4.78 is 15.4. The van der Waals surface area contributed by atoms with E-state index < -0.39 is 23.7 Å². The minimum Gasteiger partial charge on any atom is -0.369 e. The Hall–Kier alpha value is -2.68. The number of nitrogens with two attached hydrogens (primary N) is 1. The third-order valence-electron chi connectivity index (χ3n) is 3.25. The molecule has 3 N–H and O–H groups in total. The lowest BCUT2D eigenvalue weighted by molar-refractivity contribution is -0.115. The molecule has 0 saturated carbocycles. The van der Waals surface area contributed by atoms with Crippen molar-refractivity contribution in [2.45, 2.75) is 24.7 Å². The van der Waals surface area contributed by atoms with Crippen molar-refractivity contribution in [1.29, 1.82) is 0 Å². The quantitative estimate of drug-likeness (QED) is 0.549. The van der Waals surface area contributed by atoms with Crippen molar-refractivity contribution in [2.24, 2.45) is 5.73 Å². The van der Waals surface area contributed by atoms with Gasteiger partial charge >= 0.3 is 0 Å². The van der Waals surface area contributed by atoms with Gasteiger partial charge in [-0.3, -0.25) is 9.59 Å². The van der Waals surface area contributed by atoms with Crippen LogP contribution in [0.5, 0.6) is 0 Å². The minimum absolute atomic E-state index is 0.0486. The van der Waals surface area contributed by atoms with Gasteiger partial charge in [-0.25, -0.2) is 4.39 Å². The van der Waals surface area contributed by atoms with E-state index in [0.717, 1.165) is 11.8 Å². The van der Waals surface area contributed by atoms with Crippen molar-refractivity contribution in [3.05, 3.63) is 54.1 Å². The summed E-state index contributed by atoms with van der Waals surface area (Å²) >= 11 is 1.15. The van der Waals surface area contributed by atoms with Crippen LogP contribution in [0.25, 0.3) is 0 Å². The van der Waals surface area contributed by atoms with Crippen LogP contribution in [0.1, 0.15) is 29.1 Å². The molecule has 0 radical (unpaired) electrons. The van der Waals surface area contributed by atoms with E-state index in [1.807, 2.05) is 0 Å². The fraction of sp³-hybridized carbons (Fsp3) is 0.250. The van der Waals surface area contributed by atoms with Gasteiger partial charge in [0.1, 0.15) is 5.82 Å². The number of nitrogens with zero attached hydrogens (tertiary/aromatic N) is 3. The number of hydrogen-bond acceptors (Lipinski definition) is 5. The molecule has 1 heterocycles. The van der Waals surface area contributed by atoms with Gasteiger partial charge in [-0.15, -0.1) is 16.8 Å². The molecule has 2 rings (SSSR count). The van der Waals surface area contributed by atoms with Crippen LogP contribution in [0.15, 0.2) is 42.1 Å². The Morgan fingerprint density at radius 1 is 1.44 bits per heavy atom. The number of primary amides is 1. The van der Waals surface area contributed by atoms with Crippen molar-refractivity contribution in [2.75, 3.05) is 5.75 Å². The lowest BCUT2D eigenvalue weighted by Crippen LogP contribution is -2.29. The van der Waals surface area contributed by atoms with E-state index in [9.17, 15) is 14.0 Å². The molecule has 7 nitrogen and oxygen atoms in total. The first kappa shape index (κ1) is 18.7. The number of aromatic nitrogens is 3. The highest BCUT2D eigenvalue weighted by molar-refractivity contribution is 7.99. The van der Waals surface area contributed by atoms with Crippen molar-refractivity contribution in [3.8, 4) is 0 Å². The third kappa shape index (κ3) is 4.66. The van der Waals surface area contributed by atoms with E-state index in [2.05, 4.69) is 22.1 Å². The average Bonchev–Trinajstić information content (AvgIpc) is 2.96. The maximum absolute atomic E-state index is 13.7. The topological polar surface area (TPSA) is 103 Å². The number of halogens is 1. The van der Waals surface area contributed by atoms with Gasteiger partial charge in [-0.1, -0.05) is 30.0 Å². The molecule has 2 aromatic rings. The van der Waals surface area contributed by atoms with Gasteiger partial charge in [-0.2, -0.15) is 0 Å². The molecule has 1 aromatic heterocycles. The first-order chi connectivity index (χ1) is 11.9. The molecule has 0 spiro atoms. The molecule has 0 bridgehead atoms. The van der Waals surface area contributed by atoms with E-state index in [-0.39, 0.29) is 11.3 Å². The lowest BCUT2D eigenvalue weighted by atomic mass is 10.2. The Morgan fingerprint density at radius 2 is 2.16 bits per heavy atom. The number of allylic oxidation sites excluding steroid dienone is 1. The summed E-state index contributed by atoms with van der Waals surface area (Å²) in [4.78, 5) is 23.2. The average molecular weight is 363 g/mol. The highest BCUT2D eigenvalue weighted by Gasteiger charge is 2.21. The molecule has 0 unspecified atom stereocenters. The molecule has 0 fully saturated rings. The molecule has 0 aliphatic heterocycles. The second kappa shape index (κ2) is 8.43. The molecule has 1 aromatic carbocycles. The molecular formula is C16H18FN5O2S. The molecule has 9 heteroatoms. The Kier molecular flexibility index (Phi) is 6.29. The second-order valence-corrected chi connectivity index (χ2v) is 6.11. The van der Waals surface area contributed by atoms with E-state index >= 15 is 0 Å². The number of thioether (sulfide) groups is 1. The van der Waals surface area contributed by atoms with E-state index in [4.69, 9.17) is 5.73 Å². The molecule has 25 heavy (non-hydrogen) atoms. The Morgan fingerprint density at radius 3 is 2.80 bits per heavy atom. The maximum atomic E-state index is 13.7. The molecular weight excluding hydrogens is 345 g/mol. The minimum atomic E-state index is -0.600. The molecule has 0 aliphatic rings. The van der Waals surface area contributed by atoms with E-state index in [1.165, 1.54) is 18.2 Å². The number of amides is 2. The zero-order chi connectivity index (χ0) is 18.4. The summed E-state index contributed by atoms with van der Waals surface area (Å²) in [6.07, 6.45) is 1.65. The van der Waals surface area contributed by atoms with Gasteiger partial charge in [0.2, 0.25) is 5.91 Å². The number of hydrogen-bond donors (Lipinski definition) is 2. The van der Waals surface area contributed by atoms with E-state index in [1.54, 1.807) is 23.6 Å². The van der Waals surface area contributed by atoms with Crippen LogP contribution in [-0.2, 0) is 11.3 Å². The maximum Gasteiger partial charge on any atom is 0.254 e. The molecule has 132 valence electrons. The Bertz CT molecular complexity index is 793. The summed E-state index contributed by atoms with van der Waals surface area (Å²) in [5, 5.41) is 11.3.